The van der Waals surface area contributed by atoms with Crippen molar-refractivity contribution in [3.63, 3.8) is 0 Å². The second-order valence-electron chi connectivity index (χ2n) is 2.67. The predicted octanol–water partition coefficient (Wildman–Crippen LogP) is 1.88. The Bertz CT molecular complexity index is 433. The molecule has 4 heteroatoms. The molecule has 0 aromatic carbocycles. The van der Waals surface area contributed by atoms with Crippen LogP contribution >= 0.6 is 11.6 Å². The molecule has 0 atom stereocenters. The highest BCUT2D eigenvalue weighted by Gasteiger charge is 2.04. The molecule has 2 aromatic heterocycles. The molecule has 0 saturated carbocycles. The first-order valence-electron chi connectivity index (χ1n) is 3.58. The number of imidazole rings is 1. The molecule has 0 saturated heterocycles. The van der Waals surface area contributed by atoms with Gasteiger partial charge in [-0.25, -0.2) is 4.98 Å². The van der Waals surface area contributed by atoms with Crippen LogP contribution in [-0.4, -0.2) is 9.38 Å². The summed E-state index contributed by atoms with van der Waals surface area (Å²) in [7, 11) is 0. The van der Waals surface area contributed by atoms with Gasteiger partial charge in [0.15, 0.2) is 5.15 Å². The number of rotatable bonds is 0. The molecule has 2 heterocycles. The van der Waals surface area contributed by atoms with Crippen LogP contribution in [0.25, 0.3) is 5.52 Å². The lowest BCUT2D eigenvalue weighted by atomic mass is 10.4. The normalized spacial score (nSPS) is 10.8. The Labute approximate surface area is 74.8 Å². The van der Waals surface area contributed by atoms with Gasteiger partial charge < -0.3 is 10.1 Å². The minimum absolute atomic E-state index is 0.500. The maximum Gasteiger partial charge on any atom is 0.155 e. The van der Waals surface area contributed by atoms with E-state index in [1.54, 1.807) is 0 Å². The fourth-order valence-electron chi connectivity index (χ4n) is 1.21. The Morgan fingerprint density at radius 3 is 3.08 bits per heavy atom. The molecule has 0 spiro atoms. The van der Waals surface area contributed by atoms with Crippen molar-refractivity contribution in [2.45, 2.75) is 6.92 Å². The zero-order valence-corrected chi connectivity index (χ0v) is 7.34. The second kappa shape index (κ2) is 2.38. The molecule has 0 amide bonds. The van der Waals surface area contributed by atoms with Crippen molar-refractivity contribution in [2.24, 2.45) is 0 Å². The van der Waals surface area contributed by atoms with E-state index < -0.39 is 0 Å². The summed E-state index contributed by atoms with van der Waals surface area (Å²) >= 11 is 5.86. The number of hydrogen-bond donors (Lipinski definition) is 1. The minimum Gasteiger partial charge on any atom is -0.399 e. The van der Waals surface area contributed by atoms with Crippen LogP contribution in [0.15, 0.2) is 18.3 Å². The van der Waals surface area contributed by atoms with E-state index in [9.17, 15) is 0 Å². The summed E-state index contributed by atoms with van der Waals surface area (Å²) < 4.78 is 1.90. The van der Waals surface area contributed by atoms with Crippen molar-refractivity contribution in [1.29, 1.82) is 0 Å². The number of pyridine rings is 1. The lowest BCUT2D eigenvalue weighted by Gasteiger charge is -1.96. The van der Waals surface area contributed by atoms with Crippen LogP contribution in [0, 0.1) is 6.92 Å². The van der Waals surface area contributed by atoms with Crippen LogP contribution in [0.3, 0.4) is 0 Å². The molecule has 0 aliphatic heterocycles. The number of nitrogens with zero attached hydrogens (tertiary/aromatic N) is 2. The third-order valence-electron chi connectivity index (χ3n) is 1.80. The molecule has 2 N–H and O–H groups in total. The minimum atomic E-state index is 0.500. The smallest absolute Gasteiger partial charge is 0.155 e. The molecule has 2 rings (SSSR count). The van der Waals surface area contributed by atoms with Gasteiger partial charge in [-0.2, -0.15) is 0 Å². The fraction of sp³-hybridized carbons (Fsp3) is 0.125. The quantitative estimate of drug-likeness (QED) is 0.675. The monoisotopic (exact) mass is 181 g/mol. The highest BCUT2D eigenvalue weighted by atomic mass is 35.5. The van der Waals surface area contributed by atoms with Crippen LogP contribution in [0.4, 0.5) is 5.69 Å². The predicted molar refractivity (Wildman–Crippen MR) is 49.4 cm³/mol. The van der Waals surface area contributed by atoms with Gasteiger partial charge in [-0.05, 0) is 19.1 Å². The van der Waals surface area contributed by atoms with Crippen molar-refractivity contribution < 1.29 is 0 Å². The largest absolute Gasteiger partial charge is 0.399 e. The van der Waals surface area contributed by atoms with Crippen LogP contribution in [0.1, 0.15) is 5.82 Å². The maximum absolute atomic E-state index is 5.86. The van der Waals surface area contributed by atoms with Crippen molar-refractivity contribution >= 4 is 22.8 Å². The summed E-state index contributed by atoms with van der Waals surface area (Å²) in [6, 6.07) is 3.63. The zero-order chi connectivity index (χ0) is 8.72. The average Bonchev–Trinajstić information content (AvgIpc) is 2.28. The van der Waals surface area contributed by atoms with Gasteiger partial charge >= 0.3 is 0 Å². The molecule has 0 radical (unpaired) electrons. The van der Waals surface area contributed by atoms with Crippen molar-refractivity contribution in [3.8, 4) is 0 Å². The van der Waals surface area contributed by atoms with Gasteiger partial charge in [-0.15, -0.1) is 0 Å². The van der Waals surface area contributed by atoms with Crippen molar-refractivity contribution in [3.05, 3.63) is 29.3 Å². The van der Waals surface area contributed by atoms with E-state index in [0.29, 0.717) is 10.8 Å². The zero-order valence-electron chi connectivity index (χ0n) is 6.58. The number of aromatic nitrogens is 2. The average molecular weight is 182 g/mol. The molecular weight excluding hydrogens is 174 g/mol. The molecule has 0 aliphatic carbocycles. The first kappa shape index (κ1) is 7.43. The number of aryl methyl sites for hydroxylation is 1. The van der Waals surface area contributed by atoms with Gasteiger partial charge in [0.2, 0.25) is 0 Å². The molecule has 0 fully saturated rings. The van der Waals surface area contributed by atoms with Gasteiger partial charge in [0.1, 0.15) is 5.82 Å². The lowest BCUT2D eigenvalue weighted by Crippen LogP contribution is -1.89. The number of nitrogen functional groups attached to an aromatic ring is 1. The summed E-state index contributed by atoms with van der Waals surface area (Å²) in [4.78, 5) is 4.10. The first-order valence-corrected chi connectivity index (χ1v) is 3.96. The van der Waals surface area contributed by atoms with Crippen LogP contribution in [-0.2, 0) is 0 Å². The highest BCUT2D eigenvalue weighted by molar-refractivity contribution is 6.32. The van der Waals surface area contributed by atoms with Crippen LogP contribution < -0.4 is 5.73 Å². The second-order valence-corrected chi connectivity index (χ2v) is 3.02. The molecule has 62 valence electrons. The third kappa shape index (κ3) is 0.940. The Morgan fingerprint density at radius 1 is 1.58 bits per heavy atom. The Morgan fingerprint density at radius 2 is 2.33 bits per heavy atom. The van der Waals surface area contributed by atoms with Crippen molar-refractivity contribution in [1.82, 2.24) is 9.38 Å². The van der Waals surface area contributed by atoms with Crippen LogP contribution in [0.5, 0.6) is 0 Å². The van der Waals surface area contributed by atoms with Gasteiger partial charge in [0, 0.05) is 11.9 Å². The van der Waals surface area contributed by atoms with E-state index in [1.165, 1.54) is 0 Å². The van der Waals surface area contributed by atoms with Gasteiger partial charge in [0.05, 0.1) is 5.52 Å². The first-order chi connectivity index (χ1) is 5.68. The van der Waals surface area contributed by atoms with E-state index in [1.807, 2.05) is 29.7 Å². The van der Waals surface area contributed by atoms with Crippen molar-refractivity contribution in [2.75, 3.05) is 5.73 Å². The topological polar surface area (TPSA) is 43.3 Å². The molecular formula is C8H8ClN3. The Balaban J connectivity index is 2.90. The number of anilines is 1. The summed E-state index contributed by atoms with van der Waals surface area (Å²) in [6.07, 6.45) is 1.86. The fourth-order valence-corrected chi connectivity index (χ4v) is 1.48. The molecule has 0 unspecified atom stereocenters. The summed E-state index contributed by atoms with van der Waals surface area (Å²) in [5.74, 6) is 0.870. The van der Waals surface area contributed by atoms with E-state index in [2.05, 4.69) is 4.98 Å². The third-order valence-corrected chi connectivity index (χ3v) is 2.08. The number of halogens is 1. The van der Waals surface area contributed by atoms with Crippen LogP contribution in [0.2, 0.25) is 5.15 Å². The molecule has 3 nitrogen and oxygen atoms in total. The highest BCUT2D eigenvalue weighted by Crippen LogP contribution is 2.19. The SMILES string of the molecule is Cc1nc(Cl)c2cc(N)ccn12. The van der Waals surface area contributed by atoms with E-state index in [4.69, 9.17) is 17.3 Å². The Hall–Kier alpha value is -1.22. The van der Waals surface area contributed by atoms with E-state index in [0.717, 1.165) is 11.3 Å². The van der Waals surface area contributed by atoms with Gasteiger partial charge in [-0.1, -0.05) is 11.6 Å². The van der Waals surface area contributed by atoms with Gasteiger partial charge in [-0.3, -0.25) is 0 Å². The van der Waals surface area contributed by atoms with E-state index >= 15 is 0 Å². The molecule has 0 aliphatic rings. The van der Waals surface area contributed by atoms with E-state index in [-0.39, 0.29) is 0 Å². The standard InChI is InChI=1S/C8H8ClN3/c1-5-11-8(9)7-4-6(10)2-3-12(5)7/h2-4H,10H2,1H3. The number of hydrogen-bond acceptors (Lipinski definition) is 2. The molecule has 12 heavy (non-hydrogen) atoms. The maximum atomic E-state index is 5.86. The molecule has 2 aromatic rings. The summed E-state index contributed by atoms with van der Waals surface area (Å²) in [6.45, 7) is 1.90. The van der Waals surface area contributed by atoms with Gasteiger partial charge in [0.25, 0.3) is 0 Å². The summed E-state index contributed by atoms with van der Waals surface area (Å²) in [5, 5.41) is 0.500. The summed E-state index contributed by atoms with van der Waals surface area (Å²) in [5.41, 5.74) is 7.16. The number of fused-ring (bicyclic) bond motifs is 1. The number of nitrogens with two attached hydrogens (primary N) is 1. The Kier molecular flexibility index (Phi) is 1.48. The molecule has 0 bridgehead atoms. The lowest BCUT2D eigenvalue weighted by molar-refractivity contribution is 1.05.